The average molecular weight is 198 g/mol. The Bertz CT molecular complexity index is 219. The van der Waals surface area contributed by atoms with E-state index in [2.05, 4.69) is 6.58 Å². The summed E-state index contributed by atoms with van der Waals surface area (Å²) in [5.74, 6) is 5.54. The number of rotatable bonds is 2. The Hall–Kier alpha value is -1.07. The standard InChI is InChI=1S/C9H18N4O/c1-2-6-13(11)9(14)12-7-4-3-5-8(12)10/h2,8H,1,3-7,10-11H2. The Morgan fingerprint density at radius 2 is 2.36 bits per heavy atom. The van der Waals surface area contributed by atoms with E-state index >= 15 is 0 Å². The number of piperidine rings is 1. The number of nitrogens with two attached hydrogens (primary N) is 2. The summed E-state index contributed by atoms with van der Waals surface area (Å²) in [4.78, 5) is 13.3. The number of carbonyl (C=O) groups is 1. The number of likely N-dealkylation sites (tertiary alicyclic amines) is 1. The first-order valence-corrected chi connectivity index (χ1v) is 4.86. The van der Waals surface area contributed by atoms with Gasteiger partial charge in [0, 0.05) is 6.54 Å². The van der Waals surface area contributed by atoms with E-state index in [1.54, 1.807) is 11.0 Å². The molecule has 1 unspecified atom stereocenters. The largest absolute Gasteiger partial charge is 0.335 e. The molecule has 0 aromatic rings. The Morgan fingerprint density at radius 3 is 2.93 bits per heavy atom. The monoisotopic (exact) mass is 198 g/mol. The lowest BCUT2D eigenvalue weighted by Crippen LogP contribution is -2.55. The quantitative estimate of drug-likeness (QED) is 0.289. The predicted octanol–water partition coefficient (Wildman–Crippen LogP) is 0.239. The molecule has 0 bridgehead atoms. The predicted molar refractivity (Wildman–Crippen MR) is 55.0 cm³/mol. The Labute approximate surface area is 84.3 Å². The van der Waals surface area contributed by atoms with Crippen LogP contribution < -0.4 is 11.6 Å². The van der Waals surface area contributed by atoms with Gasteiger partial charge in [0.15, 0.2) is 0 Å². The molecular weight excluding hydrogens is 180 g/mol. The Morgan fingerprint density at radius 1 is 1.64 bits per heavy atom. The summed E-state index contributed by atoms with van der Waals surface area (Å²) in [6.07, 6.45) is 4.34. The van der Waals surface area contributed by atoms with Crippen LogP contribution in [0.1, 0.15) is 19.3 Å². The summed E-state index contributed by atoms with van der Waals surface area (Å²) in [5, 5.41) is 1.14. The molecule has 0 radical (unpaired) electrons. The Balaban J connectivity index is 2.53. The molecule has 1 saturated heterocycles. The molecule has 14 heavy (non-hydrogen) atoms. The summed E-state index contributed by atoms with van der Waals surface area (Å²) in [7, 11) is 0. The highest BCUT2D eigenvalue weighted by Crippen LogP contribution is 2.14. The van der Waals surface area contributed by atoms with Crippen LogP contribution >= 0.6 is 0 Å². The summed E-state index contributed by atoms with van der Waals surface area (Å²) in [6.45, 7) is 4.57. The van der Waals surface area contributed by atoms with E-state index in [-0.39, 0.29) is 12.2 Å². The topological polar surface area (TPSA) is 75.6 Å². The number of urea groups is 1. The van der Waals surface area contributed by atoms with Crippen molar-refractivity contribution in [1.29, 1.82) is 0 Å². The van der Waals surface area contributed by atoms with Gasteiger partial charge in [0.25, 0.3) is 0 Å². The first-order valence-electron chi connectivity index (χ1n) is 4.86. The molecule has 1 aliphatic heterocycles. The molecular formula is C9H18N4O. The normalized spacial score (nSPS) is 21.9. The second-order valence-electron chi connectivity index (χ2n) is 3.48. The lowest BCUT2D eigenvalue weighted by molar-refractivity contribution is 0.121. The molecule has 0 spiro atoms. The zero-order chi connectivity index (χ0) is 10.6. The third-order valence-electron chi connectivity index (χ3n) is 2.37. The van der Waals surface area contributed by atoms with E-state index in [0.29, 0.717) is 13.1 Å². The van der Waals surface area contributed by atoms with Gasteiger partial charge in [0.1, 0.15) is 0 Å². The second-order valence-corrected chi connectivity index (χ2v) is 3.48. The molecule has 1 heterocycles. The number of amides is 2. The van der Waals surface area contributed by atoms with Crippen LogP contribution in [-0.4, -0.2) is 35.2 Å². The molecule has 1 atom stereocenters. The highest BCUT2D eigenvalue weighted by Gasteiger charge is 2.25. The van der Waals surface area contributed by atoms with Gasteiger partial charge >= 0.3 is 6.03 Å². The van der Waals surface area contributed by atoms with E-state index in [0.717, 1.165) is 24.3 Å². The average Bonchev–Trinajstić information content (AvgIpc) is 2.18. The SMILES string of the molecule is C=CCN(N)C(=O)N1CCCCC1N. The fourth-order valence-corrected chi connectivity index (χ4v) is 1.58. The number of hydrogen-bond acceptors (Lipinski definition) is 3. The van der Waals surface area contributed by atoms with Crippen LogP contribution in [0.3, 0.4) is 0 Å². The molecule has 0 aromatic heterocycles. The molecule has 80 valence electrons. The molecule has 2 amide bonds. The molecule has 1 rings (SSSR count). The molecule has 0 saturated carbocycles. The van der Waals surface area contributed by atoms with Crippen LogP contribution in [0.2, 0.25) is 0 Å². The van der Waals surface area contributed by atoms with E-state index in [1.807, 2.05) is 0 Å². The van der Waals surface area contributed by atoms with Crippen molar-refractivity contribution in [3.63, 3.8) is 0 Å². The molecule has 1 fully saturated rings. The Kier molecular flexibility index (Phi) is 3.91. The van der Waals surface area contributed by atoms with E-state index in [1.165, 1.54) is 0 Å². The van der Waals surface area contributed by atoms with Crippen molar-refractivity contribution in [2.24, 2.45) is 11.6 Å². The van der Waals surface area contributed by atoms with Gasteiger partial charge in [-0.2, -0.15) is 0 Å². The number of hydrazine groups is 1. The van der Waals surface area contributed by atoms with Crippen molar-refractivity contribution in [1.82, 2.24) is 9.91 Å². The van der Waals surface area contributed by atoms with Crippen molar-refractivity contribution >= 4 is 6.03 Å². The maximum absolute atomic E-state index is 11.7. The maximum atomic E-state index is 11.7. The van der Waals surface area contributed by atoms with E-state index in [9.17, 15) is 4.79 Å². The van der Waals surface area contributed by atoms with Gasteiger partial charge in [-0.3, -0.25) is 5.01 Å². The summed E-state index contributed by atoms with van der Waals surface area (Å²) in [5.41, 5.74) is 5.81. The van der Waals surface area contributed by atoms with Crippen LogP contribution in [0.4, 0.5) is 4.79 Å². The van der Waals surface area contributed by atoms with Gasteiger partial charge < -0.3 is 10.6 Å². The third kappa shape index (κ3) is 2.46. The van der Waals surface area contributed by atoms with E-state index < -0.39 is 0 Å². The number of nitrogens with zero attached hydrogens (tertiary/aromatic N) is 2. The fourth-order valence-electron chi connectivity index (χ4n) is 1.58. The molecule has 5 nitrogen and oxygen atoms in total. The van der Waals surface area contributed by atoms with Gasteiger partial charge in [0.2, 0.25) is 0 Å². The first kappa shape index (κ1) is 11.0. The van der Waals surface area contributed by atoms with Gasteiger partial charge in [-0.15, -0.1) is 6.58 Å². The van der Waals surface area contributed by atoms with Gasteiger partial charge in [-0.05, 0) is 19.3 Å². The summed E-state index contributed by atoms with van der Waals surface area (Å²) >= 11 is 0. The zero-order valence-corrected chi connectivity index (χ0v) is 8.35. The van der Waals surface area contributed by atoms with Crippen molar-refractivity contribution < 1.29 is 4.79 Å². The second kappa shape index (κ2) is 4.97. The van der Waals surface area contributed by atoms with E-state index in [4.69, 9.17) is 11.6 Å². The van der Waals surface area contributed by atoms with Crippen molar-refractivity contribution in [2.45, 2.75) is 25.4 Å². The molecule has 0 aliphatic carbocycles. The smallest absolute Gasteiger partial charge is 0.311 e. The van der Waals surface area contributed by atoms with Crippen molar-refractivity contribution in [3.05, 3.63) is 12.7 Å². The minimum atomic E-state index is -0.211. The highest BCUT2D eigenvalue weighted by molar-refractivity contribution is 5.74. The summed E-state index contributed by atoms with van der Waals surface area (Å²) < 4.78 is 0. The number of hydrogen-bond donors (Lipinski definition) is 2. The van der Waals surface area contributed by atoms with Gasteiger partial charge in [-0.25, -0.2) is 10.6 Å². The third-order valence-corrected chi connectivity index (χ3v) is 2.37. The number of carbonyl (C=O) groups excluding carboxylic acids is 1. The van der Waals surface area contributed by atoms with Crippen molar-refractivity contribution in [3.8, 4) is 0 Å². The highest BCUT2D eigenvalue weighted by atomic mass is 16.2. The van der Waals surface area contributed by atoms with Gasteiger partial charge in [-0.1, -0.05) is 6.08 Å². The van der Waals surface area contributed by atoms with Crippen LogP contribution in [0.5, 0.6) is 0 Å². The summed E-state index contributed by atoms with van der Waals surface area (Å²) in [6, 6.07) is -0.211. The van der Waals surface area contributed by atoms with Crippen LogP contribution in [0, 0.1) is 0 Å². The van der Waals surface area contributed by atoms with Crippen LogP contribution in [0.15, 0.2) is 12.7 Å². The molecule has 5 heteroatoms. The first-order chi connectivity index (χ1) is 6.66. The van der Waals surface area contributed by atoms with Gasteiger partial charge in [0.05, 0.1) is 12.7 Å². The lowest BCUT2D eigenvalue weighted by Gasteiger charge is -2.35. The molecule has 4 N–H and O–H groups in total. The van der Waals surface area contributed by atoms with Crippen LogP contribution in [-0.2, 0) is 0 Å². The minimum absolute atomic E-state index is 0.188. The van der Waals surface area contributed by atoms with Crippen LogP contribution in [0.25, 0.3) is 0 Å². The molecule has 0 aromatic carbocycles. The lowest BCUT2D eigenvalue weighted by atomic mass is 10.1. The zero-order valence-electron chi connectivity index (χ0n) is 8.35. The molecule has 1 aliphatic rings. The maximum Gasteiger partial charge on any atom is 0.335 e. The minimum Gasteiger partial charge on any atom is -0.311 e. The van der Waals surface area contributed by atoms with Crippen molar-refractivity contribution in [2.75, 3.05) is 13.1 Å². The fraction of sp³-hybridized carbons (Fsp3) is 0.667.